The summed E-state index contributed by atoms with van der Waals surface area (Å²) in [5.41, 5.74) is 1.43. The van der Waals surface area contributed by atoms with Gasteiger partial charge in [0.15, 0.2) is 0 Å². The van der Waals surface area contributed by atoms with Crippen LogP contribution in [0.5, 0.6) is 0 Å². The topological polar surface area (TPSA) is 12.0 Å². The Hall–Kier alpha value is -1.16. The third-order valence-corrected chi connectivity index (χ3v) is 5.69. The summed E-state index contributed by atoms with van der Waals surface area (Å²) in [5, 5.41) is 4.99. The van der Waals surface area contributed by atoms with Crippen molar-refractivity contribution in [3.05, 3.63) is 56.6 Å². The minimum atomic E-state index is 0.322. The van der Waals surface area contributed by atoms with Crippen molar-refractivity contribution in [2.45, 2.75) is 26.8 Å². The first-order chi connectivity index (χ1) is 9.69. The van der Waals surface area contributed by atoms with Gasteiger partial charge in [-0.05, 0) is 49.5 Å². The minimum Gasteiger partial charge on any atom is -0.306 e. The first kappa shape index (κ1) is 13.8. The van der Waals surface area contributed by atoms with Gasteiger partial charge in [0.2, 0.25) is 0 Å². The molecule has 3 rings (SSSR count). The van der Waals surface area contributed by atoms with E-state index in [1.165, 1.54) is 30.3 Å². The average Bonchev–Trinajstić information content (AvgIpc) is 2.99. The number of aryl methyl sites for hydroxylation is 2. The Morgan fingerprint density at radius 3 is 2.55 bits per heavy atom. The van der Waals surface area contributed by atoms with E-state index in [0.717, 1.165) is 6.54 Å². The summed E-state index contributed by atoms with van der Waals surface area (Å²) in [5.74, 6) is 0. The van der Waals surface area contributed by atoms with Gasteiger partial charge in [-0.2, -0.15) is 0 Å². The smallest absolute Gasteiger partial charge is 0.0682 e. The summed E-state index contributed by atoms with van der Waals surface area (Å²) in [6, 6.07) is 13.6. The maximum atomic E-state index is 3.65. The van der Waals surface area contributed by atoms with E-state index in [2.05, 4.69) is 62.5 Å². The molecule has 0 spiro atoms. The molecular weight excluding hydrogens is 282 g/mol. The number of hydrogen-bond acceptors (Lipinski definition) is 3. The predicted octanol–water partition coefficient (Wildman–Crippen LogP) is 5.28. The quantitative estimate of drug-likeness (QED) is 0.691. The highest BCUT2D eigenvalue weighted by molar-refractivity contribution is 7.19. The normalized spacial score (nSPS) is 12.9. The molecule has 1 nitrogen and oxygen atoms in total. The van der Waals surface area contributed by atoms with Gasteiger partial charge >= 0.3 is 0 Å². The SMILES string of the molecule is CCNC(c1cc2ccccc2s1)c1cc(C)sc1C. The second kappa shape index (κ2) is 5.68. The molecule has 0 bridgehead atoms. The van der Waals surface area contributed by atoms with Crippen molar-refractivity contribution in [1.29, 1.82) is 0 Å². The zero-order valence-corrected chi connectivity index (χ0v) is 13.7. The van der Waals surface area contributed by atoms with E-state index in [1.807, 2.05) is 22.7 Å². The van der Waals surface area contributed by atoms with E-state index in [1.54, 1.807) is 0 Å². The van der Waals surface area contributed by atoms with Crippen LogP contribution in [0.25, 0.3) is 10.1 Å². The summed E-state index contributed by atoms with van der Waals surface area (Å²) in [4.78, 5) is 4.22. The van der Waals surface area contributed by atoms with E-state index in [0.29, 0.717) is 6.04 Å². The van der Waals surface area contributed by atoms with Gasteiger partial charge in [0.25, 0.3) is 0 Å². The molecule has 2 heterocycles. The summed E-state index contributed by atoms with van der Waals surface area (Å²) in [6.07, 6.45) is 0. The maximum absolute atomic E-state index is 3.65. The molecule has 0 amide bonds. The lowest BCUT2D eigenvalue weighted by atomic mass is 10.1. The van der Waals surface area contributed by atoms with E-state index in [-0.39, 0.29) is 0 Å². The van der Waals surface area contributed by atoms with Gasteiger partial charge in [-0.3, -0.25) is 0 Å². The molecule has 104 valence electrons. The highest BCUT2D eigenvalue weighted by atomic mass is 32.1. The van der Waals surface area contributed by atoms with Crippen molar-refractivity contribution in [3.8, 4) is 0 Å². The first-order valence-electron chi connectivity index (χ1n) is 6.98. The third-order valence-electron chi connectivity index (χ3n) is 3.53. The van der Waals surface area contributed by atoms with Gasteiger partial charge < -0.3 is 5.32 Å². The van der Waals surface area contributed by atoms with Crippen LogP contribution in [0.15, 0.2) is 36.4 Å². The van der Waals surface area contributed by atoms with Crippen molar-refractivity contribution in [3.63, 3.8) is 0 Å². The van der Waals surface area contributed by atoms with Crippen molar-refractivity contribution in [2.24, 2.45) is 0 Å². The minimum absolute atomic E-state index is 0.322. The monoisotopic (exact) mass is 301 g/mol. The molecule has 20 heavy (non-hydrogen) atoms. The largest absolute Gasteiger partial charge is 0.306 e. The lowest BCUT2D eigenvalue weighted by Gasteiger charge is -2.16. The molecule has 1 aromatic carbocycles. The molecule has 0 saturated heterocycles. The van der Waals surface area contributed by atoms with Gasteiger partial charge in [-0.15, -0.1) is 22.7 Å². The Morgan fingerprint density at radius 2 is 1.90 bits per heavy atom. The lowest BCUT2D eigenvalue weighted by molar-refractivity contribution is 0.639. The predicted molar refractivity (Wildman–Crippen MR) is 91.1 cm³/mol. The Kier molecular flexibility index (Phi) is 3.92. The molecule has 1 atom stereocenters. The van der Waals surface area contributed by atoms with E-state index >= 15 is 0 Å². The first-order valence-corrected chi connectivity index (χ1v) is 8.61. The van der Waals surface area contributed by atoms with E-state index in [4.69, 9.17) is 0 Å². The molecule has 0 aliphatic carbocycles. The summed E-state index contributed by atoms with van der Waals surface area (Å²) < 4.78 is 1.37. The van der Waals surface area contributed by atoms with Crippen LogP contribution in [0, 0.1) is 13.8 Å². The summed E-state index contributed by atoms with van der Waals surface area (Å²) in [7, 11) is 0. The van der Waals surface area contributed by atoms with E-state index < -0.39 is 0 Å². The van der Waals surface area contributed by atoms with Crippen LogP contribution >= 0.6 is 22.7 Å². The standard InChI is InChI=1S/C17H19NS2/c1-4-18-17(14-9-11(2)19-12(14)3)16-10-13-7-5-6-8-15(13)20-16/h5-10,17-18H,4H2,1-3H3. The van der Waals surface area contributed by atoms with Crippen molar-refractivity contribution >= 4 is 32.8 Å². The van der Waals surface area contributed by atoms with Gasteiger partial charge in [0, 0.05) is 19.3 Å². The van der Waals surface area contributed by atoms with Crippen LogP contribution in [0.4, 0.5) is 0 Å². The number of thiophene rings is 2. The van der Waals surface area contributed by atoms with Crippen molar-refractivity contribution in [2.75, 3.05) is 6.54 Å². The van der Waals surface area contributed by atoms with Gasteiger partial charge in [0.1, 0.15) is 0 Å². The molecule has 0 fully saturated rings. The van der Waals surface area contributed by atoms with Crippen LogP contribution in [0.1, 0.15) is 33.2 Å². The number of fused-ring (bicyclic) bond motifs is 1. The average molecular weight is 301 g/mol. The highest BCUT2D eigenvalue weighted by Gasteiger charge is 2.19. The molecule has 1 N–H and O–H groups in total. The Balaban J connectivity index is 2.08. The van der Waals surface area contributed by atoms with Gasteiger partial charge in [-0.25, -0.2) is 0 Å². The molecule has 2 aromatic heterocycles. The second-order valence-corrected chi connectivity index (χ2v) is 7.62. The summed E-state index contributed by atoms with van der Waals surface area (Å²) >= 11 is 3.79. The van der Waals surface area contributed by atoms with Crippen molar-refractivity contribution in [1.82, 2.24) is 5.32 Å². The Morgan fingerprint density at radius 1 is 1.10 bits per heavy atom. The number of hydrogen-bond donors (Lipinski definition) is 1. The zero-order chi connectivity index (χ0) is 14.1. The number of rotatable bonds is 4. The van der Waals surface area contributed by atoms with Crippen LogP contribution in [0.2, 0.25) is 0 Å². The highest BCUT2D eigenvalue weighted by Crippen LogP contribution is 2.36. The molecule has 0 saturated carbocycles. The Labute approximate surface area is 128 Å². The van der Waals surface area contributed by atoms with Crippen LogP contribution < -0.4 is 5.32 Å². The molecular formula is C17H19NS2. The molecule has 3 aromatic rings. The van der Waals surface area contributed by atoms with Crippen LogP contribution in [0.3, 0.4) is 0 Å². The van der Waals surface area contributed by atoms with Gasteiger partial charge in [-0.1, -0.05) is 25.1 Å². The Bertz CT molecular complexity index is 691. The lowest BCUT2D eigenvalue weighted by Crippen LogP contribution is -2.21. The maximum Gasteiger partial charge on any atom is 0.0682 e. The zero-order valence-electron chi connectivity index (χ0n) is 12.1. The van der Waals surface area contributed by atoms with Crippen molar-refractivity contribution < 1.29 is 0 Å². The molecule has 0 radical (unpaired) electrons. The molecule has 0 aliphatic rings. The fourth-order valence-electron chi connectivity index (χ4n) is 2.65. The number of nitrogens with one attached hydrogen (secondary N) is 1. The molecule has 0 aliphatic heterocycles. The van der Waals surface area contributed by atoms with Crippen LogP contribution in [-0.2, 0) is 0 Å². The fourth-order valence-corrected chi connectivity index (χ4v) is 4.77. The fraction of sp³-hybridized carbons (Fsp3) is 0.294. The molecule has 3 heteroatoms. The number of benzene rings is 1. The third kappa shape index (κ3) is 2.53. The van der Waals surface area contributed by atoms with E-state index in [9.17, 15) is 0 Å². The van der Waals surface area contributed by atoms with Gasteiger partial charge in [0.05, 0.1) is 6.04 Å². The molecule has 1 unspecified atom stereocenters. The summed E-state index contributed by atoms with van der Waals surface area (Å²) in [6.45, 7) is 7.57. The van der Waals surface area contributed by atoms with Crippen LogP contribution in [-0.4, -0.2) is 6.54 Å². The second-order valence-electron chi connectivity index (χ2n) is 5.05.